The molecule has 3 nitrogen and oxygen atoms in total. The highest BCUT2D eigenvalue weighted by Gasteiger charge is 2.08. The molecule has 0 aromatic carbocycles. The van der Waals surface area contributed by atoms with Crippen LogP contribution < -0.4 is 5.32 Å². The number of allylic oxidation sites excluding steroid dienone is 4. The molecule has 0 aliphatic heterocycles. The van der Waals surface area contributed by atoms with E-state index in [1.165, 1.54) is 0 Å². The zero-order chi connectivity index (χ0) is 12.4. The van der Waals surface area contributed by atoms with Crippen molar-refractivity contribution in [3.63, 3.8) is 0 Å². The molecular formula is C13H21NO2. The fraction of sp³-hybridized carbons (Fsp3) is 0.462. The van der Waals surface area contributed by atoms with Crippen molar-refractivity contribution < 1.29 is 9.90 Å². The molecule has 0 rings (SSSR count). The Bertz CT molecular complexity index is 290. The van der Waals surface area contributed by atoms with E-state index in [0.717, 1.165) is 24.2 Å². The lowest BCUT2D eigenvalue weighted by Gasteiger charge is -2.12. The molecular weight excluding hydrogens is 202 g/mol. The molecule has 0 aromatic rings. The van der Waals surface area contributed by atoms with Crippen molar-refractivity contribution >= 4 is 5.78 Å². The molecule has 90 valence electrons. The average molecular weight is 223 g/mol. The summed E-state index contributed by atoms with van der Waals surface area (Å²) in [7, 11) is 0. The molecule has 0 radical (unpaired) electrons. The minimum absolute atomic E-state index is 0.174. The number of likely N-dealkylation sites (N-methyl/N-ethyl adjacent to an activating group) is 1. The van der Waals surface area contributed by atoms with E-state index in [1.54, 1.807) is 6.08 Å². The van der Waals surface area contributed by atoms with Crippen LogP contribution in [0.3, 0.4) is 0 Å². The van der Waals surface area contributed by atoms with Crippen LogP contribution in [0.5, 0.6) is 0 Å². The Hall–Kier alpha value is -1.35. The summed E-state index contributed by atoms with van der Waals surface area (Å²) in [6.45, 7) is 8.03. The van der Waals surface area contributed by atoms with E-state index in [-0.39, 0.29) is 12.2 Å². The quantitative estimate of drug-likeness (QED) is 0.618. The topological polar surface area (TPSA) is 49.3 Å². The first-order chi connectivity index (χ1) is 7.69. The normalized spacial score (nSPS) is 12.4. The van der Waals surface area contributed by atoms with Gasteiger partial charge in [-0.25, -0.2) is 0 Å². The van der Waals surface area contributed by atoms with Gasteiger partial charge in [0.2, 0.25) is 0 Å². The lowest BCUT2D eigenvalue weighted by atomic mass is 10.0. The Labute approximate surface area is 97.6 Å². The minimum Gasteiger partial charge on any atom is -0.389 e. The average Bonchev–Trinajstić information content (AvgIpc) is 2.28. The summed E-state index contributed by atoms with van der Waals surface area (Å²) in [5.74, 6) is -0.174. The molecule has 0 bridgehead atoms. The molecule has 0 aliphatic rings. The summed E-state index contributed by atoms with van der Waals surface area (Å²) >= 11 is 0. The van der Waals surface area contributed by atoms with E-state index in [9.17, 15) is 4.79 Å². The number of hydrogen-bond donors (Lipinski definition) is 2. The van der Waals surface area contributed by atoms with Crippen LogP contribution in [-0.2, 0) is 4.79 Å². The number of hydrogen-bond acceptors (Lipinski definition) is 3. The van der Waals surface area contributed by atoms with E-state index < -0.39 is 6.61 Å². The molecule has 0 amide bonds. The smallest absolute Gasteiger partial charge is 0.162 e. The second-order valence-corrected chi connectivity index (χ2v) is 3.36. The molecule has 0 saturated carbocycles. The minimum atomic E-state index is -0.408. The number of carbonyl (C=O) groups is 1. The number of aliphatic hydroxyl groups excluding tert-OH is 1. The Morgan fingerprint density at radius 3 is 2.56 bits per heavy atom. The van der Waals surface area contributed by atoms with Crippen molar-refractivity contribution in [2.45, 2.75) is 26.7 Å². The van der Waals surface area contributed by atoms with Crippen molar-refractivity contribution in [1.29, 1.82) is 0 Å². The summed E-state index contributed by atoms with van der Waals surface area (Å²) in [6.07, 6.45) is 6.64. The molecule has 0 spiro atoms. The monoisotopic (exact) mass is 223 g/mol. The summed E-state index contributed by atoms with van der Waals surface area (Å²) in [6, 6.07) is 0. The SMILES string of the molecule is C=C/C=C(/NCC)C(=CCC)CC(=O)CO. The van der Waals surface area contributed by atoms with Crippen LogP contribution in [0.15, 0.2) is 36.1 Å². The van der Waals surface area contributed by atoms with Gasteiger partial charge in [-0.15, -0.1) is 0 Å². The zero-order valence-corrected chi connectivity index (χ0v) is 10.1. The summed E-state index contributed by atoms with van der Waals surface area (Å²) in [5, 5.41) is 11.9. The zero-order valence-electron chi connectivity index (χ0n) is 10.1. The van der Waals surface area contributed by atoms with Crippen molar-refractivity contribution in [2.24, 2.45) is 0 Å². The fourth-order valence-electron chi connectivity index (χ4n) is 1.38. The Morgan fingerprint density at radius 1 is 1.44 bits per heavy atom. The second-order valence-electron chi connectivity index (χ2n) is 3.36. The van der Waals surface area contributed by atoms with E-state index in [1.807, 2.05) is 26.0 Å². The highest BCUT2D eigenvalue weighted by molar-refractivity contribution is 5.82. The Kier molecular flexibility index (Phi) is 8.17. The second kappa shape index (κ2) is 8.92. The summed E-state index contributed by atoms with van der Waals surface area (Å²) < 4.78 is 0. The van der Waals surface area contributed by atoms with E-state index in [0.29, 0.717) is 0 Å². The molecule has 0 fully saturated rings. The highest BCUT2D eigenvalue weighted by Crippen LogP contribution is 2.13. The highest BCUT2D eigenvalue weighted by atomic mass is 16.3. The van der Waals surface area contributed by atoms with Gasteiger partial charge in [-0.05, 0) is 25.0 Å². The number of aliphatic hydroxyl groups is 1. The predicted octanol–water partition coefficient (Wildman–Crippen LogP) is 1.95. The van der Waals surface area contributed by atoms with Gasteiger partial charge in [0, 0.05) is 18.7 Å². The predicted molar refractivity (Wildman–Crippen MR) is 67.0 cm³/mol. The van der Waals surface area contributed by atoms with Crippen LogP contribution in [0.1, 0.15) is 26.7 Å². The molecule has 0 aliphatic carbocycles. The number of nitrogens with one attached hydrogen (secondary N) is 1. The van der Waals surface area contributed by atoms with Gasteiger partial charge in [0.15, 0.2) is 5.78 Å². The molecule has 0 saturated heterocycles. The van der Waals surface area contributed by atoms with Crippen molar-refractivity contribution in [2.75, 3.05) is 13.2 Å². The summed E-state index contributed by atoms with van der Waals surface area (Å²) in [4.78, 5) is 11.2. The number of Topliss-reactive ketones (excluding diaryl/α,β-unsaturated/α-hetero) is 1. The van der Waals surface area contributed by atoms with Crippen LogP contribution in [0.2, 0.25) is 0 Å². The van der Waals surface area contributed by atoms with Gasteiger partial charge >= 0.3 is 0 Å². The molecule has 2 N–H and O–H groups in total. The van der Waals surface area contributed by atoms with Gasteiger partial charge < -0.3 is 10.4 Å². The van der Waals surface area contributed by atoms with Crippen molar-refractivity contribution in [1.82, 2.24) is 5.32 Å². The molecule has 0 unspecified atom stereocenters. The number of carbonyl (C=O) groups excluding carboxylic acids is 1. The first-order valence-corrected chi connectivity index (χ1v) is 5.58. The van der Waals surface area contributed by atoms with Crippen LogP contribution >= 0.6 is 0 Å². The lowest BCUT2D eigenvalue weighted by Crippen LogP contribution is -2.17. The first-order valence-electron chi connectivity index (χ1n) is 5.58. The third-order valence-electron chi connectivity index (χ3n) is 2.01. The van der Waals surface area contributed by atoms with Gasteiger partial charge in [0.1, 0.15) is 6.61 Å². The maximum absolute atomic E-state index is 11.2. The van der Waals surface area contributed by atoms with Crippen LogP contribution in [0, 0.1) is 0 Å². The van der Waals surface area contributed by atoms with Gasteiger partial charge in [0.05, 0.1) is 0 Å². The van der Waals surface area contributed by atoms with Crippen LogP contribution in [-0.4, -0.2) is 24.0 Å². The number of ketones is 1. The molecule has 0 aromatic heterocycles. The standard InChI is InChI=1S/C13H21NO2/c1-4-7-11(9-12(16)10-15)13(8-5-2)14-6-3/h5,7-8,14-15H,2,4,6,9-10H2,1,3H3/b11-7?,13-8+. The van der Waals surface area contributed by atoms with E-state index >= 15 is 0 Å². The van der Waals surface area contributed by atoms with Crippen molar-refractivity contribution in [3.8, 4) is 0 Å². The van der Waals surface area contributed by atoms with Crippen molar-refractivity contribution in [3.05, 3.63) is 36.1 Å². The van der Waals surface area contributed by atoms with E-state index in [4.69, 9.17) is 5.11 Å². The van der Waals surface area contributed by atoms with Crippen LogP contribution in [0.4, 0.5) is 0 Å². The maximum Gasteiger partial charge on any atom is 0.162 e. The third-order valence-corrected chi connectivity index (χ3v) is 2.01. The Balaban J connectivity index is 4.85. The molecule has 16 heavy (non-hydrogen) atoms. The Morgan fingerprint density at radius 2 is 2.12 bits per heavy atom. The van der Waals surface area contributed by atoms with Gasteiger partial charge in [-0.1, -0.05) is 25.7 Å². The third kappa shape index (κ3) is 5.51. The molecule has 0 heterocycles. The van der Waals surface area contributed by atoms with E-state index in [2.05, 4.69) is 11.9 Å². The van der Waals surface area contributed by atoms with Crippen LogP contribution in [0.25, 0.3) is 0 Å². The molecule has 3 heteroatoms. The fourth-order valence-corrected chi connectivity index (χ4v) is 1.38. The maximum atomic E-state index is 11.2. The number of rotatable bonds is 8. The lowest BCUT2D eigenvalue weighted by molar-refractivity contribution is -0.121. The van der Waals surface area contributed by atoms with Gasteiger partial charge in [0.25, 0.3) is 0 Å². The van der Waals surface area contributed by atoms with Gasteiger partial charge in [-0.2, -0.15) is 0 Å². The van der Waals surface area contributed by atoms with Gasteiger partial charge in [-0.3, -0.25) is 4.79 Å². The largest absolute Gasteiger partial charge is 0.389 e. The first kappa shape index (κ1) is 14.6. The molecule has 0 atom stereocenters. The summed E-state index contributed by atoms with van der Waals surface area (Å²) in [5.41, 5.74) is 1.82.